The van der Waals surface area contributed by atoms with Crippen LogP contribution >= 0.6 is 0 Å². The molecule has 2 aromatic carbocycles. The van der Waals surface area contributed by atoms with Crippen LogP contribution in [0.5, 0.6) is 0 Å². The van der Waals surface area contributed by atoms with E-state index in [4.69, 9.17) is 4.74 Å². The van der Waals surface area contributed by atoms with E-state index < -0.39 is 0 Å². The summed E-state index contributed by atoms with van der Waals surface area (Å²) in [4.78, 5) is 12.0. The van der Waals surface area contributed by atoms with E-state index in [0.717, 1.165) is 12.8 Å². The van der Waals surface area contributed by atoms with Crippen LogP contribution in [0.1, 0.15) is 62.5 Å². The highest BCUT2D eigenvalue weighted by molar-refractivity contribution is 5.79. The minimum Gasteiger partial charge on any atom is -0.465 e. The summed E-state index contributed by atoms with van der Waals surface area (Å²) in [7, 11) is 0. The summed E-state index contributed by atoms with van der Waals surface area (Å²) in [5.74, 6) is 0.106. The first-order valence-corrected chi connectivity index (χ1v) is 9.15. The molecule has 0 saturated heterocycles. The largest absolute Gasteiger partial charge is 0.465 e. The molecule has 2 heteroatoms. The van der Waals surface area contributed by atoms with Gasteiger partial charge in [0.15, 0.2) is 0 Å². The number of carbonyl (C=O) groups excluding carboxylic acids is 1. The summed E-state index contributed by atoms with van der Waals surface area (Å²) in [5, 5.41) is 0. The maximum absolute atomic E-state index is 12.0. The number of carbonyl (C=O) groups is 1. The number of hydrogen-bond donors (Lipinski definition) is 0. The Labute approximate surface area is 144 Å². The van der Waals surface area contributed by atoms with Gasteiger partial charge in [-0.05, 0) is 28.7 Å². The summed E-state index contributed by atoms with van der Waals surface area (Å²) >= 11 is 0. The van der Waals surface area contributed by atoms with Crippen LogP contribution in [0.4, 0.5) is 0 Å². The van der Waals surface area contributed by atoms with E-state index in [1.54, 1.807) is 0 Å². The van der Waals surface area contributed by atoms with Gasteiger partial charge in [0.2, 0.25) is 0 Å². The maximum Gasteiger partial charge on any atom is 0.305 e. The molecule has 0 unspecified atom stereocenters. The predicted octanol–water partition coefficient (Wildman–Crippen LogP) is 5.70. The highest BCUT2D eigenvalue weighted by Gasteiger charge is 2.28. The molecule has 0 aliphatic heterocycles. The number of esters is 1. The number of unbranched alkanes of at least 4 members (excludes halogenated alkanes) is 4. The normalized spacial score (nSPS) is 12.7. The van der Waals surface area contributed by atoms with E-state index in [9.17, 15) is 4.79 Å². The molecule has 0 amide bonds. The van der Waals surface area contributed by atoms with Gasteiger partial charge in [-0.25, -0.2) is 0 Å². The van der Waals surface area contributed by atoms with Crippen molar-refractivity contribution in [3.63, 3.8) is 0 Å². The van der Waals surface area contributed by atoms with Gasteiger partial charge in [-0.1, -0.05) is 81.1 Å². The maximum atomic E-state index is 12.0. The van der Waals surface area contributed by atoms with Crippen molar-refractivity contribution in [3.05, 3.63) is 59.7 Å². The Balaban J connectivity index is 1.58. The first kappa shape index (κ1) is 16.8. The second-order valence-corrected chi connectivity index (χ2v) is 6.57. The van der Waals surface area contributed by atoms with Crippen molar-refractivity contribution in [3.8, 4) is 11.1 Å². The van der Waals surface area contributed by atoms with Gasteiger partial charge in [-0.3, -0.25) is 4.79 Å². The third kappa shape index (κ3) is 3.69. The van der Waals surface area contributed by atoms with Crippen LogP contribution in [0.25, 0.3) is 11.1 Å². The van der Waals surface area contributed by atoms with E-state index >= 15 is 0 Å². The molecule has 0 saturated carbocycles. The molecule has 0 spiro atoms. The van der Waals surface area contributed by atoms with Gasteiger partial charge in [-0.2, -0.15) is 0 Å². The number of ether oxygens (including phenoxy) is 1. The van der Waals surface area contributed by atoms with Gasteiger partial charge >= 0.3 is 5.97 Å². The molecule has 1 aliphatic carbocycles. The Morgan fingerprint density at radius 3 is 2.08 bits per heavy atom. The summed E-state index contributed by atoms with van der Waals surface area (Å²) < 4.78 is 5.61. The number of hydrogen-bond acceptors (Lipinski definition) is 2. The van der Waals surface area contributed by atoms with Crippen molar-refractivity contribution in [2.45, 2.75) is 51.4 Å². The molecule has 3 rings (SSSR count). The lowest BCUT2D eigenvalue weighted by atomic mass is 9.98. The second-order valence-electron chi connectivity index (χ2n) is 6.57. The van der Waals surface area contributed by atoms with Crippen molar-refractivity contribution >= 4 is 5.97 Å². The molecule has 0 bridgehead atoms. The van der Waals surface area contributed by atoms with Gasteiger partial charge in [-0.15, -0.1) is 0 Å². The lowest BCUT2D eigenvalue weighted by Gasteiger charge is -2.14. The molecule has 126 valence electrons. The minimum absolute atomic E-state index is 0.0617. The molecule has 2 nitrogen and oxygen atoms in total. The Morgan fingerprint density at radius 2 is 1.46 bits per heavy atom. The van der Waals surface area contributed by atoms with E-state index in [1.165, 1.54) is 41.5 Å². The quantitative estimate of drug-likeness (QED) is 0.460. The SMILES string of the molecule is CCCCCCCC(=O)OCC1c2ccccc2-c2ccccc21. The fourth-order valence-corrected chi connectivity index (χ4v) is 3.56. The topological polar surface area (TPSA) is 26.3 Å². The van der Waals surface area contributed by atoms with Crippen molar-refractivity contribution in [1.82, 2.24) is 0 Å². The summed E-state index contributed by atoms with van der Waals surface area (Å²) in [6.07, 6.45) is 6.30. The molecule has 24 heavy (non-hydrogen) atoms. The Bertz CT molecular complexity index is 644. The highest BCUT2D eigenvalue weighted by Crippen LogP contribution is 2.44. The fraction of sp³-hybridized carbons (Fsp3) is 0.409. The van der Waals surface area contributed by atoms with Gasteiger partial charge in [0.25, 0.3) is 0 Å². The number of rotatable bonds is 8. The molecular formula is C22H26O2. The predicted molar refractivity (Wildman–Crippen MR) is 98.1 cm³/mol. The Morgan fingerprint density at radius 1 is 0.875 bits per heavy atom. The highest BCUT2D eigenvalue weighted by atomic mass is 16.5. The van der Waals surface area contributed by atoms with Crippen LogP contribution in [-0.4, -0.2) is 12.6 Å². The number of benzene rings is 2. The lowest BCUT2D eigenvalue weighted by molar-refractivity contribution is -0.144. The first-order chi connectivity index (χ1) is 11.8. The fourth-order valence-electron chi connectivity index (χ4n) is 3.56. The zero-order chi connectivity index (χ0) is 16.8. The Hall–Kier alpha value is -2.09. The van der Waals surface area contributed by atoms with Crippen molar-refractivity contribution in [2.75, 3.05) is 6.61 Å². The minimum atomic E-state index is -0.0617. The van der Waals surface area contributed by atoms with Crippen molar-refractivity contribution < 1.29 is 9.53 Å². The van der Waals surface area contributed by atoms with Crippen LogP contribution in [0.3, 0.4) is 0 Å². The number of fused-ring (bicyclic) bond motifs is 3. The van der Waals surface area contributed by atoms with Gasteiger partial charge in [0.1, 0.15) is 6.61 Å². The zero-order valence-electron chi connectivity index (χ0n) is 14.5. The lowest BCUT2D eigenvalue weighted by Crippen LogP contribution is -2.12. The smallest absolute Gasteiger partial charge is 0.305 e. The average Bonchev–Trinajstić information content (AvgIpc) is 2.94. The van der Waals surface area contributed by atoms with Gasteiger partial charge < -0.3 is 4.74 Å². The van der Waals surface area contributed by atoms with E-state index in [2.05, 4.69) is 55.5 Å². The van der Waals surface area contributed by atoms with Gasteiger partial charge in [0.05, 0.1) is 0 Å². The summed E-state index contributed by atoms with van der Waals surface area (Å²) in [6, 6.07) is 16.9. The zero-order valence-corrected chi connectivity index (χ0v) is 14.5. The Kier molecular flexibility index (Phi) is 5.68. The molecule has 0 N–H and O–H groups in total. The van der Waals surface area contributed by atoms with Crippen LogP contribution in [0, 0.1) is 0 Å². The monoisotopic (exact) mass is 322 g/mol. The first-order valence-electron chi connectivity index (χ1n) is 9.15. The molecule has 0 heterocycles. The second kappa shape index (κ2) is 8.14. The molecule has 1 aliphatic rings. The standard InChI is InChI=1S/C22H26O2/c1-2-3-4-5-6-15-22(23)24-16-21-19-13-9-7-11-17(19)18-12-8-10-14-20(18)21/h7-14,21H,2-6,15-16H2,1H3. The van der Waals surface area contributed by atoms with Crippen LogP contribution in [0.15, 0.2) is 48.5 Å². The van der Waals surface area contributed by atoms with Crippen molar-refractivity contribution in [1.29, 1.82) is 0 Å². The van der Waals surface area contributed by atoms with Gasteiger partial charge in [0, 0.05) is 12.3 Å². The van der Waals surface area contributed by atoms with E-state index in [0.29, 0.717) is 13.0 Å². The molecule has 0 atom stereocenters. The molecule has 0 radical (unpaired) electrons. The molecular weight excluding hydrogens is 296 g/mol. The summed E-state index contributed by atoms with van der Waals surface area (Å²) in [5.41, 5.74) is 5.09. The molecule has 2 aromatic rings. The van der Waals surface area contributed by atoms with Crippen LogP contribution in [0.2, 0.25) is 0 Å². The van der Waals surface area contributed by atoms with E-state index in [1.807, 2.05) is 0 Å². The van der Waals surface area contributed by atoms with Crippen LogP contribution in [-0.2, 0) is 9.53 Å². The third-order valence-corrected chi connectivity index (χ3v) is 4.86. The molecule has 0 aromatic heterocycles. The van der Waals surface area contributed by atoms with E-state index in [-0.39, 0.29) is 11.9 Å². The van der Waals surface area contributed by atoms with Crippen molar-refractivity contribution in [2.24, 2.45) is 0 Å². The third-order valence-electron chi connectivity index (χ3n) is 4.86. The molecule has 0 fully saturated rings. The average molecular weight is 322 g/mol. The summed E-state index contributed by atoms with van der Waals surface area (Å²) in [6.45, 7) is 2.65. The van der Waals surface area contributed by atoms with Crippen LogP contribution < -0.4 is 0 Å².